The molecule has 4 N–H and O–H groups in total. The van der Waals surface area contributed by atoms with Crippen LogP contribution in [0.4, 0.5) is 4.79 Å². The van der Waals surface area contributed by atoms with Gasteiger partial charge in [0.15, 0.2) is 6.10 Å². The first-order valence-corrected chi connectivity index (χ1v) is 14.8. The number of fused-ring (bicyclic) bond motifs is 2. The van der Waals surface area contributed by atoms with Crippen LogP contribution in [0.25, 0.3) is 0 Å². The van der Waals surface area contributed by atoms with Gasteiger partial charge >= 0.3 is 6.09 Å². The van der Waals surface area contributed by atoms with Crippen LogP contribution in [0.3, 0.4) is 0 Å². The zero-order valence-electron chi connectivity index (χ0n) is 26.8. The molecule has 44 heavy (non-hydrogen) atoms. The van der Waals surface area contributed by atoms with Crippen molar-refractivity contribution in [3.8, 4) is 0 Å². The number of aliphatic hydroxyl groups excluding tert-OH is 1. The molecule has 1 aliphatic carbocycles. The van der Waals surface area contributed by atoms with E-state index in [-0.39, 0.29) is 41.4 Å². The number of ketones is 2. The number of aliphatic hydroxyl groups is 1. The summed E-state index contributed by atoms with van der Waals surface area (Å²) in [6, 6.07) is 0. The smallest absolute Gasteiger partial charge is 0.407 e. The molecule has 11 nitrogen and oxygen atoms in total. The van der Waals surface area contributed by atoms with Gasteiger partial charge in [-0.3, -0.25) is 14.4 Å². The lowest BCUT2D eigenvalue weighted by molar-refractivity contribution is -0.120. The number of methoxy groups -OCH3 is 2. The minimum Gasteiger partial charge on any atom is -0.439 e. The number of allylic oxidation sites excluding steroid dienone is 4. The largest absolute Gasteiger partial charge is 0.439 e. The van der Waals surface area contributed by atoms with E-state index in [9.17, 15) is 24.3 Å². The number of hydrogen-bond acceptors (Lipinski definition) is 9. The van der Waals surface area contributed by atoms with E-state index in [1.165, 1.54) is 20.3 Å². The highest BCUT2D eigenvalue weighted by atomic mass is 16.6. The van der Waals surface area contributed by atoms with E-state index in [2.05, 4.69) is 22.5 Å². The van der Waals surface area contributed by atoms with Crippen LogP contribution in [-0.2, 0) is 28.6 Å². The third-order valence-corrected chi connectivity index (χ3v) is 7.53. The highest BCUT2D eigenvalue weighted by molar-refractivity contribution is 6.23. The summed E-state index contributed by atoms with van der Waals surface area (Å²) < 4.78 is 17.1. The van der Waals surface area contributed by atoms with Gasteiger partial charge in [-0.1, -0.05) is 44.2 Å². The van der Waals surface area contributed by atoms with Crippen LogP contribution < -0.4 is 16.0 Å². The monoisotopic (exact) mass is 613 g/mol. The Balaban J connectivity index is 2.62. The average Bonchev–Trinajstić information content (AvgIpc) is 2.98. The maximum atomic E-state index is 13.6. The molecular formula is C33H47N3O8. The molecule has 6 atom stereocenters. The van der Waals surface area contributed by atoms with E-state index in [1.807, 2.05) is 19.9 Å². The van der Waals surface area contributed by atoms with Gasteiger partial charge in [-0.05, 0) is 45.1 Å². The van der Waals surface area contributed by atoms with Crippen LogP contribution >= 0.6 is 0 Å². The van der Waals surface area contributed by atoms with Gasteiger partial charge in [-0.15, -0.1) is 6.58 Å². The van der Waals surface area contributed by atoms with Crippen molar-refractivity contribution >= 4 is 23.6 Å². The van der Waals surface area contributed by atoms with E-state index in [4.69, 9.17) is 14.2 Å². The third-order valence-electron chi connectivity index (χ3n) is 7.53. The first kappa shape index (κ1) is 36.4. The number of Topliss-reactive ketones (excluding diaryl/α,β-unsaturated/α-hetero) is 1. The second kappa shape index (κ2) is 17.5. The normalized spacial score (nSPS) is 30.6. The van der Waals surface area contributed by atoms with Crippen LogP contribution in [0.5, 0.6) is 0 Å². The Kier molecular flexibility index (Phi) is 14.5. The summed E-state index contributed by atoms with van der Waals surface area (Å²) in [6.45, 7) is 13.2. The fourth-order valence-electron chi connectivity index (χ4n) is 5.13. The standard InChI is InChI=1S/C33H47N3O8/c1-9-14-35-28-23-15-19(3)16-27(43-8)29(38)21(5)17-22(6)31(44-33(41)34-10-2)26(42-7)13-11-12-20(4)32(40)36-24(30(23)39)18-25(28)37/h9,11-13,17-19,21,26-27,29,31,35,38H,1,10,14-16H2,2-8H3,(H,34,41)(H,36,40)/b13-11+,20-12-,22-17+/t19-,21+,26+,27+,29-,31+/m1/s1. The number of hydrogen-bond donors (Lipinski definition) is 4. The number of carbonyl (C=O) groups excluding carboxylic acids is 4. The van der Waals surface area contributed by atoms with Crippen LogP contribution in [0, 0.1) is 11.8 Å². The molecule has 0 spiro atoms. The predicted octanol–water partition coefficient (Wildman–Crippen LogP) is 3.19. The van der Waals surface area contributed by atoms with Crippen molar-refractivity contribution in [3.63, 3.8) is 0 Å². The molecule has 2 amide bonds. The van der Waals surface area contributed by atoms with E-state index in [0.29, 0.717) is 18.5 Å². The Bertz CT molecular complexity index is 1250. The second-order valence-corrected chi connectivity index (χ2v) is 11.1. The summed E-state index contributed by atoms with van der Waals surface area (Å²) in [7, 11) is 2.97. The Morgan fingerprint density at radius 3 is 2.50 bits per heavy atom. The highest BCUT2D eigenvalue weighted by Gasteiger charge is 2.33. The molecule has 0 aromatic heterocycles. The van der Waals surface area contributed by atoms with E-state index in [1.54, 1.807) is 39.0 Å². The molecule has 11 heteroatoms. The number of nitrogens with one attached hydrogen (secondary N) is 3. The Hall–Kier alpha value is -3.80. The van der Waals surface area contributed by atoms with Gasteiger partial charge in [0.2, 0.25) is 11.6 Å². The first-order valence-electron chi connectivity index (χ1n) is 14.8. The molecule has 0 radical (unpaired) electrons. The fraction of sp³-hybridized carbons (Fsp3) is 0.515. The van der Waals surface area contributed by atoms with Crippen LogP contribution in [-0.4, -0.2) is 80.4 Å². The maximum Gasteiger partial charge on any atom is 0.407 e. The van der Waals surface area contributed by atoms with Gasteiger partial charge in [0.05, 0.1) is 23.6 Å². The molecule has 1 heterocycles. The number of rotatable bonds is 7. The fourth-order valence-corrected chi connectivity index (χ4v) is 5.13. The SMILES string of the molecule is C=CCNC1=C2C[C@@H](C)C[C@H](OC)[C@H](O)[C@@H](C)/C=C(\C)[C@H](OC(=O)NCC)[C@@H](OC)/C=C/C=C(/C)C(=O)NC(=CC1=O)C2=O. The number of carbonyl (C=O) groups is 4. The average molecular weight is 614 g/mol. The summed E-state index contributed by atoms with van der Waals surface area (Å²) in [4.78, 5) is 52.2. The van der Waals surface area contributed by atoms with Crippen molar-refractivity contribution in [2.75, 3.05) is 27.3 Å². The van der Waals surface area contributed by atoms with E-state index >= 15 is 0 Å². The van der Waals surface area contributed by atoms with Crippen molar-refractivity contribution in [1.82, 2.24) is 16.0 Å². The molecule has 0 saturated heterocycles. The molecule has 0 fully saturated rings. The highest BCUT2D eigenvalue weighted by Crippen LogP contribution is 2.28. The van der Waals surface area contributed by atoms with Gasteiger partial charge in [0.25, 0.3) is 5.91 Å². The molecule has 0 aromatic rings. The van der Waals surface area contributed by atoms with Crippen molar-refractivity contribution in [3.05, 3.63) is 71.1 Å². The zero-order chi connectivity index (χ0) is 33.0. The molecule has 2 aliphatic rings. The minimum absolute atomic E-state index is 0.122. The first-order chi connectivity index (χ1) is 20.9. The van der Waals surface area contributed by atoms with Gasteiger partial charge in [-0.2, -0.15) is 0 Å². The molecule has 0 aromatic carbocycles. The lowest BCUT2D eigenvalue weighted by Gasteiger charge is -2.30. The summed E-state index contributed by atoms with van der Waals surface area (Å²) in [6.07, 6.45) is 6.05. The zero-order valence-corrected chi connectivity index (χ0v) is 26.8. The number of amides is 2. The summed E-state index contributed by atoms with van der Waals surface area (Å²) in [5.41, 5.74) is 1.18. The van der Waals surface area contributed by atoms with Crippen LogP contribution in [0.15, 0.2) is 71.1 Å². The minimum atomic E-state index is -0.947. The van der Waals surface area contributed by atoms with Crippen molar-refractivity contribution in [2.45, 2.75) is 71.9 Å². The number of ether oxygens (including phenoxy) is 3. The Labute approximate surface area is 260 Å². The predicted molar refractivity (Wildman–Crippen MR) is 167 cm³/mol. The summed E-state index contributed by atoms with van der Waals surface area (Å²) in [5, 5.41) is 19.5. The Morgan fingerprint density at radius 2 is 1.89 bits per heavy atom. The molecule has 242 valence electrons. The maximum absolute atomic E-state index is 13.6. The molecule has 2 rings (SSSR count). The second-order valence-electron chi connectivity index (χ2n) is 11.1. The summed E-state index contributed by atoms with van der Waals surface area (Å²) >= 11 is 0. The lowest BCUT2D eigenvalue weighted by atomic mass is 9.85. The third kappa shape index (κ3) is 9.87. The van der Waals surface area contributed by atoms with Crippen LogP contribution in [0.2, 0.25) is 0 Å². The van der Waals surface area contributed by atoms with Crippen molar-refractivity contribution in [1.29, 1.82) is 0 Å². The van der Waals surface area contributed by atoms with Gasteiger partial charge in [0.1, 0.15) is 6.10 Å². The van der Waals surface area contributed by atoms with Gasteiger partial charge in [0, 0.05) is 50.4 Å². The van der Waals surface area contributed by atoms with Crippen molar-refractivity contribution in [2.24, 2.45) is 11.8 Å². The molecule has 2 bridgehead atoms. The van der Waals surface area contributed by atoms with E-state index < -0.39 is 53.9 Å². The molecule has 0 unspecified atom stereocenters. The molecular weight excluding hydrogens is 566 g/mol. The van der Waals surface area contributed by atoms with Crippen LogP contribution in [0.1, 0.15) is 47.5 Å². The Morgan fingerprint density at radius 1 is 1.18 bits per heavy atom. The van der Waals surface area contributed by atoms with Crippen molar-refractivity contribution < 1.29 is 38.5 Å². The quantitative estimate of drug-likeness (QED) is 0.251. The molecule has 0 saturated carbocycles. The lowest BCUT2D eigenvalue weighted by Crippen LogP contribution is -2.38. The number of alkyl carbamates (subject to hydrolysis) is 1. The molecule has 1 aliphatic heterocycles. The topological polar surface area (TPSA) is 152 Å². The van der Waals surface area contributed by atoms with Gasteiger partial charge in [-0.25, -0.2) is 4.79 Å². The van der Waals surface area contributed by atoms with E-state index in [0.717, 1.165) is 6.08 Å². The summed E-state index contributed by atoms with van der Waals surface area (Å²) in [5.74, 6) is -2.09. The van der Waals surface area contributed by atoms with Gasteiger partial charge < -0.3 is 35.3 Å².